The summed E-state index contributed by atoms with van der Waals surface area (Å²) < 4.78 is 0. The molecule has 5 rings (SSSR count). The lowest BCUT2D eigenvalue weighted by Crippen LogP contribution is -2.42. The monoisotopic (exact) mass is 363 g/mol. The zero-order valence-corrected chi connectivity index (χ0v) is 15.6. The van der Waals surface area contributed by atoms with Crippen LogP contribution in [0, 0.1) is 5.41 Å². The van der Waals surface area contributed by atoms with Crippen LogP contribution in [0.25, 0.3) is 11.2 Å². The average molecular weight is 363 g/mol. The fraction of sp³-hybridized carbons (Fsp3) is 0.450. The van der Waals surface area contributed by atoms with Crippen LogP contribution in [-0.2, 0) is 13.1 Å². The quantitative estimate of drug-likeness (QED) is 0.743. The standard InChI is InChI=1S/C20H25N7/c1-20(13-21)6-8-26(9-7-20)16-10-22-17-18(23-16)24-25-19(17)27-11-14-4-2-3-5-15(14)12-27/h2-5,10H,6-9,11-13,21H2,1H3,(H,23,24,25). The maximum absolute atomic E-state index is 5.93. The van der Waals surface area contributed by atoms with Crippen molar-refractivity contribution in [3.05, 3.63) is 41.6 Å². The molecule has 0 saturated carbocycles. The summed E-state index contributed by atoms with van der Waals surface area (Å²) in [6.07, 6.45) is 4.06. The molecule has 1 aromatic carbocycles. The lowest BCUT2D eigenvalue weighted by Gasteiger charge is -2.39. The van der Waals surface area contributed by atoms with E-state index in [4.69, 9.17) is 15.7 Å². The minimum atomic E-state index is 0.250. The van der Waals surface area contributed by atoms with E-state index in [9.17, 15) is 0 Å². The van der Waals surface area contributed by atoms with Crippen molar-refractivity contribution in [3.63, 3.8) is 0 Å². The number of nitrogens with zero attached hydrogens (tertiary/aromatic N) is 5. The van der Waals surface area contributed by atoms with Crippen molar-refractivity contribution in [2.75, 3.05) is 29.4 Å². The first-order valence-electron chi connectivity index (χ1n) is 9.63. The van der Waals surface area contributed by atoms with Gasteiger partial charge >= 0.3 is 0 Å². The van der Waals surface area contributed by atoms with Gasteiger partial charge < -0.3 is 15.5 Å². The van der Waals surface area contributed by atoms with Gasteiger partial charge in [-0.15, -0.1) is 0 Å². The predicted octanol–water partition coefficient (Wildman–Crippen LogP) is 2.44. The number of piperidine rings is 1. The van der Waals surface area contributed by atoms with Crippen LogP contribution in [0.2, 0.25) is 0 Å². The molecular weight excluding hydrogens is 338 g/mol. The average Bonchev–Trinajstić information content (AvgIpc) is 3.31. The molecule has 1 fully saturated rings. The van der Waals surface area contributed by atoms with E-state index < -0.39 is 0 Å². The molecule has 2 aliphatic heterocycles. The molecule has 3 N–H and O–H groups in total. The van der Waals surface area contributed by atoms with Crippen molar-refractivity contribution in [2.24, 2.45) is 11.1 Å². The molecule has 140 valence electrons. The number of rotatable bonds is 3. The van der Waals surface area contributed by atoms with E-state index in [0.717, 1.165) is 68.4 Å². The number of aromatic amines is 1. The van der Waals surface area contributed by atoms with Crippen LogP contribution < -0.4 is 15.5 Å². The Balaban J connectivity index is 1.38. The molecule has 7 heteroatoms. The summed E-state index contributed by atoms with van der Waals surface area (Å²) >= 11 is 0. The summed E-state index contributed by atoms with van der Waals surface area (Å²) in [4.78, 5) is 14.1. The summed E-state index contributed by atoms with van der Waals surface area (Å²) in [6, 6.07) is 8.54. The Hall–Kier alpha value is -2.67. The first-order valence-corrected chi connectivity index (χ1v) is 9.63. The zero-order valence-electron chi connectivity index (χ0n) is 15.6. The van der Waals surface area contributed by atoms with Crippen LogP contribution >= 0.6 is 0 Å². The minimum Gasteiger partial charge on any atom is -0.355 e. The van der Waals surface area contributed by atoms with Gasteiger partial charge in [-0.3, -0.25) is 5.10 Å². The van der Waals surface area contributed by atoms with Gasteiger partial charge in [0.05, 0.1) is 6.20 Å². The van der Waals surface area contributed by atoms with Crippen LogP contribution in [0.3, 0.4) is 0 Å². The highest BCUT2D eigenvalue weighted by Crippen LogP contribution is 2.33. The van der Waals surface area contributed by atoms with E-state index in [-0.39, 0.29) is 5.41 Å². The minimum absolute atomic E-state index is 0.250. The molecule has 0 radical (unpaired) electrons. The number of fused-ring (bicyclic) bond motifs is 2. The molecule has 0 bridgehead atoms. The summed E-state index contributed by atoms with van der Waals surface area (Å²) in [7, 11) is 0. The lowest BCUT2D eigenvalue weighted by atomic mass is 9.80. The van der Waals surface area contributed by atoms with Gasteiger partial charge in [-0.05, 0) is 35.9 Å². The number of aromatic nitrogens is 4. The fourth-order valence-electron chi connectivity index (χ4n) is 4.12. The van der Waals surface area contributed by atoms with Crippen molar-refractivity contribution >= 4 is 22.8 Å². The number of anilines is 2. The van der Waals surface area contributed by atoms with Crippen molar-refractivity contribution in [2.45, 2.75) is 32.9 Å². The van der Waals surface area contributed by atoms with Crippen molar-refractivity contribution in [1.82, 2.24) is 20.2 Å². The van der Waals surface area contributed by atoms with Crippen LogP contribution in [0.15, 0.2) is 30.5 Å². The van der Waals surface area contributed by atoms with Crippen LogP contribution in [-0.4, -0.2) is 39.8 Å². The first-order chi connectivity index (χ1) is 13.1. The highest BCUT2D eigenvalue weighted by molar-refractivity contribution is 5.84. The maximum Gasteiger partial charge on any atom is 0.179 e. The number of nitrogens with one attached hydrogen (secondary N) is 1. The van der Waals surface area contributed by atoms with Gasteiger partial charge in [0.15, 0.2) is 17.0 Å². The first kappa shape index (κ1) is 16.5. The van der Waals surface area contributed by atoms with Crippen molar-refractivity contribution in [3.8, 4) is 0 Å². The molecule has 0 atom stereocenters. The summed E-state index contributed by atoms with van der Waals surface area (Å²) in [5.41, 5.74) is 10.5. The molecule has 2 aromatic heterocycles. The molecule has 0 amide bonds. The SMILES string of the molecule is CC1(CN)CCN(c2cnc3c(N4Cc5ccccc5C4)n[nH]c3n2)CC1. The second-order valence-electron chi connectivity index (χ2n) is 8.10. The Kier molecular flexibility index (Phi) is 3.79. The van der Waals surface area contributed by atoms with Gasteiger partial charge in [0.2, 0.25) is 0 Å². The number of nitrogens with two attached hydrogens (primary N) is 1. The zero-order chi connectivity index (χ0) is 18.4. The van der Waals surface area contributed by atoms with Gasteiger partial charge in [-0.1, -0.05) is 31.2 Å². The normalized spacial score (nSPS) is 18.9. The summed E-state index contributed by atoms with van der Waals surface area (Å²) in [6.45, 7) is 6.68. The van der Waals surface area contributed by atoms with Crippen LogP contribution in [0.1, 0.15) is 30.9 Å². The molecule has 27 heavy (non-hydrogen) atoms. The Labute approximate surface area is 158 Å². The largest absolute Gasteiger partial charge is 0.355 e. The smallest absolute Gasteiger partial charge is 0.179 e. The predicted molar refractivity (Wildman–Crippen MR) is 107 cm³/mol. The van der Waals surface area contributed by atoms with Crippen LogP contribution in [0.5, 0.6) is 0 Å². The van der Waals surface area contributed by atoms with Gasteiger partial charge in [-0.2, -0.15) is 5.10 Å². The van der Waals surface area contributed by atoms with E-state index in [1.165, 1.54) is 11.1 Å². The Morgan fingerprint density at radius 3 is 2.48 bits per heavy atom. The fourth-order valence-corrected chi connectivity index (χ4v) is 4.12. The molecule has 1 saturated heterocycles. The molecule has 7 nitrogen and oxygen atoms in total. The second kappa shape index (κ2) is 6.20. The highest BCUT2D eigenvalue weighted by Gasteiger charge is 2.30. The van der Waals surface area contributed by atoms with E-state index >= 15 is 0 Å². The third-order valence-corrected chi connectivity index (χ3v) is 6.17. The van der Waals surface area contributed by atoms with Gasteiger partial charge in [0.1, 0.15) is 5.82 Å². The van der Waals surface area contributed by atoms with Crippen LogP contribution in [0.4, 0.5) is 11.6 Å². The Morgan fingerprint density at radius 1 is 1.11 bits per heavy atom. The molecule has 2 aliphatic rings. The van der Waals surface area contributed by atoms with E-state index in [2.05, 4.69) is 51.2 Å². The van der Waals surface area contributed by atoms with E-state index in [1.807, 2.05) is 6.20 Å². The number of benzene rings is 1. The number of H-pyrrole nitrogens is 1. The Morgan fingerprint density at radius 2 is 1.81 bits per heavy atom. The topological polar surface area (TPSA) is 87.0 Å². The van der Waals surface area contributed by atoms with Gasteiger partial charge in [0, 0.05) is 26.2 Å². The third-order valence-electron chi connectivity index (χ3n) is 6.17. The van der Waals surface area contributed by atoms with Crippen molar-refractivity contribution < 1.29 is 0 Å². The molecule has 4 heterocycles. The third kappa shape index (κ3) is 2.82. The van der Waals surface area contributed by atoms with E-state index in [0.29, 0.717) is 0 Å². The van der Waals surface area contributed by atoms with E-state index in [1.54, 1.807) is 0 Å². The van der Waals surface area contributed by atoms with Crippen molar-refractivity contribution in [1.29, 1.82) is 0 Å². The molecular formula is C20H25N7. The number of hydrogen-bond donors (Lipinski definition) is 2. The lowest BCUT2D eigenvalue weighted by molar-refractivity contribution is 0.258. The number of hydrogen-bond acceptors (Lipinski definition) is 6. The highest BCUT2D eigenvalue weighted by atomic mass is 15.3. The Bertz CT molecular complexity index is 946. The summed E-state index contributed by atoms with van der Waals surface area (Å²) in [5, 5.41) is 7.61. The molecule has 0 aliphatic carbocycles. The second-order valence-corrected chi connectivity index (χ2v) is 8.10. The molecule has 0 unspecified atom stereocenters. The molecule has 0 spiro atoms. The summed E-state index contributed by atoms with van der Waals surface area (Å²) in [5.74, 6) is 1.80. The van der Waals surface area contributed by atoms with Gasteiger partial charge in [0.25, 0.3) is 0 Å². The maximum atomic E-state index is 5.93. The molecule has 3 aromatic rings. The van der Waals surface area contributed by atoms with Gasteiger partial charge in [-0.25, -0.2) is 9.97 Å².